The number of hydrogen-bond acceptors (Lipinski definition) is 8. The Morgan fingerprint density at radius 1 is 1.34 bits per heavy atom. The highest BCUT2D eigenvalue weighted by Gasteiger charge is 2.32. The fourth-order valence-electron chi connectivity index (χ4n) is 3.20. The Hall–Kier alpha value is -2.24. The van der Waals surface area contributed by atoms with Gasteiger partial charge in [0.15, 0.2) is 5.60 Å². The van der Waals surface area contributed by atoms with Gasteiger partial charge in [-0.25, -0.2) is 17.9 Å². The number of benzene rings is 1. The number of carbonyl (C=O) groups is 1. The molecule has 0 spiro atoms. The molecule has 0 aliphatic heterocycles. The second kappa shape index (κ2) is 9.06. The van der Waals surface area contributed by atoms with Gasteiger partial charge in [-0.1, -0.05) is 6.92 Å². The van der Waals surface area contributed by atoms with Gasteiger partial charge in [-0.3, -0.25) is 10.1 Å². The number of hydrogen-bond donors (Lipinski definition) is 3. The molecule has 1 aliphatic rings. The normalized spacial score (nSPS) is 21.8. The number of anilines is 1. The van der Waals surface area contributed by atoms with Crippen LogP contribution < -0.4 is 10.0 Å². The Morgan fingerprint density at radius 3 is 2.52 bits per heavy atom. The van der Waals surface area contributed by atoms with E-state index in [2.05, 4.69) is 21.7 Å². The zero-order chi connectivity index (χ0) is 21.8. The molecule has 1 aliphatic carbocycles. The third-order valence-corrected chi connectivity index (χ3v) is 6.58. The Bertz CT molecular complexity index is 862. The lowest BCUT2D eigenvalue weighted by Crippen LogP contribution is -2.42. The first-order valence-corrected chi connectivity index (χ1v) is 10.8. The monoisotopic (exact) mass is 429 g/mol. The number of carbonyl (C=O) groups excluding carboxylic acids is 1. The van der Waals surface area contributed by atoms with Crippen LogP contribution in [0.1, 0.15) is 39.5 Å². The summed E-state index contributed by atoms with van der Waals surface area (Å²) in [6.07, 6.45) is 3.31. The quantitative estimate of drug-likeness (QED) is 0.322. The molecule has 1 unspecified atom stereocenters. The van der Waals surface area contributed by atoms with E-state index in [1.165, 1.54) is 19.1 Å². The van der Waals surface area contributed by atoms with E-state index in [-0.39, 0.29) is 23.2 Å². The summed E-state index contributed by atoms with van der Waals surface area (Å²) < 4.78 is 32.4. The Labute approximate surface area is 169 Å². The van der Waals surface area contributed by atoms with E-state index in [1.807, 2.05) is 0 Å². The first kappa shape index (κ1) is 23.0. The first-order chi connectivity index (χ1) is 13.5. The average Bonchev–Trinajstić information content (AvgIpc) is 2.67. The summed E-state index contributed by atoms with van der Waals surface area (Å²) in [5.41, 5.74) is -2.41. The number of aliphatic hydroxyl groups is 1. The maximum atomic E-state index is 12.7. The number of nitrogens with one attached hydrogen (secondary N) is 2. The van der Waals surface area contributed by atoms with Crippen molar-refractivity contribution < 1.29 is 28.0 Å². The summed E-state index contributed by atoms with van der Waals surface area (Å²) in [5, 5.41) is 24.1. The van der Waals surface area contributed by atoms with Gasteiger partial charge >= 0.3 is 5.97 Å². The van der Waals surface area contributed by atoms with Crippen molar-refractivity contribution in [2.45, 2.75) is 56.1 Å². The molecule has 1 atom stereocenters. The molecule has 1 saturated carbocycles. The lowest BCUT2D eigenvalue weighted by Gasteiger charge is -2.26. The van der Waals surface area contributed by atoms with Crippen LogP contribution in [-0.2, 0) is 19.6 Å². The van der Waals surface area contributed by atoms with Crippen molar-refractivity contribution >= 4 is 27.4 Å². The summed E-state index contributed by atoms with van der Waals surface area (Å²) >= 11 is 0. The smallest absolute Gasteiger partial charge is 0.339 e. The number of esters is 1. The SMILES string of the molecule is COC(=O)C(C)(O)CNc1ccc(S(=O)(=O)NC2CCC(C)CC2)cc1[N+](=O)[O-]. The van der Waals surface area contributed by atoms with Gasteiger partial charge in [0.1, 0.15) is 5.69 Å². The molecule has 3 N–H and O–H groups in total. The molecule has 0 amide bonds. The van der Waals surface area contributed by atoms with E-state index in [1.54, 1.807) is 0 Å². The van der Waals surface area contributed by atoms with Gasteiger partial charge in [0, 0.05) is 12.1 Å². The molecule has 0 heterocycles. The zero-order valence-electron chi connectivity index (χ0n) is 16.7. The van der Waals surface area contributed by atoms with Gasteiger partial charge in [-0.05, 0) is 50.7 Å². The predicted molar refractivity (Wildman–Crippen MR) is 106 cm³/mol. The Kier molecular flexibility index (Phi) is 7.20. The Morgan fingerprint density at radius 2 is 1.97 bits per heavy atom. The molecule has 11 heteroatoms. The van der Waals surface area contributed by atoms with Gasteiger partial charge in [-0.2, -0.15) is 0 Å². The van der Waals surface area contributed by atoms with Crippen molar-refractivity contribution in [3.8, 4) is 0 Å². The summed E-state index contributed by atoms with van der Waals surface area (Å²) in [5.74, 6) is -0.345. The fourth-order valence-corrected chi connectivity index (χ4v) is 4.53. The minimum atomic E-state index is -3.92. The van der Waals surface area contributed by atoms with E-state index in [4.69, 9.17) is 0 Å². The molecule has 29 heavy (non-hydrogen) atoms. The van der Waals surface area contributed by atoms with Crippen molar-refractivity contribution in [3.05, 3.63) is 28.3 Å². The molecule has 2 rings (SSSR count). The van der Waals surface area contributed by atoms with Crippen molar-refractivity contribution in [2.75, 3.05) is 19.0 Å². The number of nitro groups is 1. The summed E-state index contributed by atoms with van der Waals surface area (Å²) in [7, 11) is -2.81. The molecule has 162 valence electrons. The largest absolute Gasteiger partial charge is 0.467 e. The minimum Gasteiger partial charge on any atom is -0.467 e. The van der Waals surface area contributed by atoms with Crippen LogP contribution in [0.25, 0.3) is 0 Å². The van der Waals surface area contributed by atoms with E-state index in [0.717, 1.165) is 38.9 Å². The van der Waals surface area contributed by atoms with Crippen molar-refractivity contribution in [1.82, 2.24) is 4.72 Å². The van der Waals surface area contributed by atoms with E-state index >= 15 is 0 Å². The molecule has 0 bridgehead atoms. The first-order valence-electron chi connectivity index (χ1n) is 9.31. The molecular weight excluding hydrogens is 402 g/mol. The third-order valence-electron chi connectivity index (χ3n) is 5.06. The zero-order valence-corrected chi connectivity index (χ0v) is 17.5. The van der Waals surface area contributed by atoms with Crippen LogP contribution in [0.15, 0.2) is 23.1 Å². The average molecular weight is 429 g/mol. The molecule has 0 saturated heterocycles. The highest BCUT2D eigenvalue weighted by molar-refractivity contribution is 7.89. The van der Waals surface area contributed by atoms with Gasteiger partial charge in [0.2, 0.25) is 10.0 Å². The van der Waals surface area contributed by atoms with Gasteiger partial charge < -0.3 is 15.2 Å². The second-order valence-electron chi connectivity index (χ2n) is 7.63. The van der Waals surface area contributed by atoms with Gasteiger partial charge in [0.05, 0.1) is 23.5 Å². The minimum absolute atomic E-state index is 0.0235. The van der Waals surface area contributed by atoms with E-state index in [9.17, 15) is 28.4 Å². The predicted octanol–water partition coefficient (Wildman–Crippen LogP) is 1.79. The summed E-state index contributed by atoms with van der Waals surface area (Å²) in [4.78, 5) is 22.0. The fraction of sp³-hybridized carbons (Fsp3) is 0.611. The number of methoxy groups -OCH3 is 1. The molecule has 0 radical (unpaired) electrons. The van der Waals surface area contributed by atoms with Crippen LogP contribution in [0.3, 0.4) is 0 Å². The van der Waals surface area contributed by atoms with Crippen LogP contribution in [0, 0.1) is 16.0 Å². The molecule has 1 aromatic rings. The Balaban J connectivity index is 2.20. The number of nitro benzene ring substituents is 1. The lowest BCUT2D eigenvalue weighted by molar-refractivity contribution is -0.384. The topological polar surface area (TPSA) is 148 Å². The van der Waals surface area contributed by atoms with Crippen LogP contribution in [-0.4, -0.2) is 49.7 Å². The number of nitrogens with zero attached hydrogens (tertiary/aromatic N) is 1. The molecular formula is C18H27N3O7S. The standard InChI is InChI=1S/C18H27N3O7S/c1-12-4-6-13(7-5-12)20-29(26,27)14-8-9-15(16(10-14)21(24)25)19-11-18(2,23)17(22)28-3/h8-10,12-13,19-20,23H,4-7,11H2,1-3H3. The molecule has 1 fully saturated rings. The van der Waals surface area contributed by atoms with Gasteiger partial charge in [-0.15, -0.1) is 0 Å². The second-order valence-corrected chi connectivity index (χ2v) is 9.35. The van der Waals surface area contributed by atoms with E-state index in [0.29, 0.717) is 5.92 Å². The molecule has 0 aromatic heterocycles. The van der Waals surface area contributed by atoms with Gasteiger partial charge in [0.25, 0.3) is 5.69 Å². The number of ether oxygens (including phenoxy) is 1. The van der Waals surface area contributed by atoms with E-state index < -0.39 is 32.2 Å². The highest BCUT2D eigenvalue weighted by atomic mass is 32.2. The number of sulfonamides is 1. The molecule has 1 aromatic carbocycles. The molecule has 10 nitrogen and oxygen atoms in total. The maximum absolute atomic E-state index is 12.7. The third kappa shape index (κ3) is 5.87. The lowest BCUT2D eigenvalue weighted by atomic mass is 9.88. The van der Waals surface area contributed by atoms with Crippen LogP contribution >= 0.6 is 0 Å². The summed E-state index contributed by atoms with van der Waals surface area (Å²) in [6, 6.07) is 3.25. The van der Waals surface area contributed by atoms with Crippen molar-refractivity contribution in [3.63, 3.8) is 0 Å². The van der Waals surface area contributed by atoms with Crippen LogP contribution in [0.5, 0.6) is 0 Å². The number of rotatable bonds is 8. The van der Waals surface area contributed by atoms with Crippen molar-refractivity contribution in [2.24, 2.45) is 5.92 Å². The van der Waals surface area contributed by atoms with Crippen LogP contribution in [0.4, 0.5) is 11.4 Å². The summed E-state index contributed by atoms with van der Waals surface area (Å²) in [6.45, 7) is 2.97. The highest BCUT2D eigenvalue weighted by Crippen LogP contribution is 2.29. The maximum Gasteiger partial charge on any atom is 0.339 e. The van der Waals surface area contributed by atoms with Crippen LogP contribution in [0.2, 0.25) is 0 Å². The van der Waals surface area contributed by atoms with Crippen molar-refractivity contribution in [1.29, 1.82) is 0 Å².